The van der Waals surface area contributed by atoms with Crippen LogP contribution in [0.5, 0.6) is 0 Å². The Morgan fingerprint density at radius 3 is 1.83 bits per heavy atom. The zero-order valence-corrected chi connectivity index (χ0v) is 4.43. The molecule has 36 valence electrons. The van der Waals surface area contributed by atoms with Crippen LogP contribution in [0.25, 0.3) is 0 Å². The first kappa shape index (κ1) is 4.66. The Labute approximate surface area is 45.2 Å². The van der Waals surface area contributed by atoms with Gasteiger partial charge >= 0.3 is 0 Å². The molecule has 0 N–H and O–H groups in total. The number of rotatable bonds is 0. The van der Waals surface area contributed by atoms with E-state index < -0.39 is 10.5 Å². The highest BCUT2D eigenvalue weighted by atomic mass is 35.5. The van der Waals surface area contributed by atoms with Crippen molar-refractivity contribution in [2.24, 2.45) is 0 Å². The first-order chi connectivity index (χ1) is 2.63. The van der Waals surface area contributed by atoms with Crippen LogP contribution in [0.15, 0.2) is 0 Å². The summed E-state index contributed by atoms with van der Waals surface area (Å²) in [4.78, 5) is 0. The van der Waals surface area contributed by atoms with E-state index in [1.165, 1.54) is 0 Å². The van der Waals surface area contributed by atoms with E-state index in [4.69, 9.17) is 23.2 Å². The Morgan fingerprint density at radius 1 is 1.67 bits per heavy atom. The first-order valence-electron chi connectivity index (χ1n) is 1.65. The Balaban J connectivity index is 2.41. The highest BCUT2D eigenvalue weighted by Crippen LogP contribution is 2.49. The molecule has 0 bridgehead atoms. The van der Waals surface area contributed by atoms with Gasteiger partial charge in [-0.15, -0.1) is 0 Å². The molecule has 6 heavy (non-hydrogen) atoms. The van der Waals surface area contributed by atoms with Crippen molar-refractivity contribution in [3.63, 3.8) is 0 Å². The van der Waals surface area contributed by atoms with Crippen LogP contribution in [0.1, 0.15) is 6.42 Å². The van der Waals surface area contributed by atoms with Crippen LogP contribution in [0.2, 0.25) is 0 Å². The Bertz CT molecular complexity index is 71.2. The van der Waals surface area contributed by atoms with E-state index in [-0.39, 0.29) is 0 Å². The lowest BCUT2D eigenvalue weighted by Crippen LogP contribution is -1.85. The summed E-state index contributed by atoms with van der Waals surface area (Å²) in [5.41, 5.74) is 0. The van der Waals surface area contributed by atoms with Gasteiger partial charge in [-0.3, -0.25) is 0 Å². The average Bonchev–Trinajstić information content (AvgIpc) is 1.73. The highest BCUT2D eigenvalue weighted by Gasteiger charge is 2.52. The van der Waals surface area contributed by atoms with Gasteiger partial charge in [0.1, 0.15) is 6.17 Å². The minimum Gasteiger partial charge on any atom is -0.244 e. The van der Waals surface area contributed by atoms with Gasteiger partial charge in [0.2, 0.25) is 0 Å². The summed E-state index contributed by atoms with van der Waals surface area (Å²) in [6.45, 7) is 0. The molecular formula is C3H3Cl2F. The summed E-state index contributed by atoms with van der Waals surface area (Å²) in [6, 6.07) is 0. The van der Waals surface area contributed by atoms with E-state index in [9.17, 15) is 4.39 Å². The molecule has 1 fully saturated rings. The molecule has 0 nitrogen and oxygen atoms in total. The van der Waals surface area contributed by atoms with E-state index >= 15 is 0 Å². The molecule has 1 rings (SSSR count). The number of hydrogen-bond donors (Lipinski definition) is 0. The zero-order valence-electron chi connectivity index (χ0n) is 2.92. The van der Waals surface area contributed by atoms with E-state index in [1.54, 1.807) is 0 Å². The summed E-state index contributed by atoms with van der Waals surface area (Å²) in [5, 5.41) is 0. The van der Waals surface area contributed by atoms with Gasteiger partial charge in [-0.05, 0) is 0 Å². The van der Waals surface area contributed by atoms with E-state index in [1.807, 2.05) is 0 Å². The first-order valence-corrected chi connectivity index (χ1v) is 2.40. The third-order valence-electron chi connectivity index (χ3n) is 0.750. The maximum absolute atomic E-state index is 11.6. The van der Waals surface area contributed by atoms with Crippen molar-refractivity contribution in [1.82, 2.24) is 0 Å². The van der Waals surface area contributed by atoms with E-state index in [0.29, 0.717) is 6.42 Å². The van der Waals surface area contributed by atoms with Gasteiger partial charge in [0.15, 0.2) is 4.33 Å². The van der Waals surface area contributed by atoms with Gasteiger partial charge in [0.25, 0.3) is 0 Å². The molecule has 0 radical (unpaired) electrons. The molecule has 0 aromatic heterocycles. The van der Waals surface area contributed by atoms with Crippen LogP contribution in [-0.2, 0) is 0 Å². The molecule has 0 saturated heterocycles. The van der Waals surface area contributed by atoms with Gasteiger partial charge in [-0.1, -0.05) is 23.2 Å². The predicted molar refractivity (Wildman–Crippen MR) is 23.9 cm³/mol. The summed E-state index contributed by atoms with van der Waals surface area (Å²) in [5.74, 6) is 0. The van der Waals surface area contributed by atoms with Crippen molar-refractivity contribution in [1.29, 1.82) is 0 Å². The van der Waals surface area contributed by atoms with Gasteiger partial charge in [-0.25, -0.2) is 4.39 Å². The topological polar surface area (TPSA) is 0 Å². The summed E-state index contributed by atoms with van der Waals surface area (Å²) in [7, 11) is 0. The minimum absolute atomic E-state index is 0.302. The largest absolute Gasteiger partial charge is 0.244 e. The summed E-state index contributed by atoms with van der Waals surface area (Å²) >= 11 is 10.4. The lowest BCUT2D eigenvalue weighted by molar-refractivity contribution is 0.475. The normalized spacial score (nSPS) is 39.5. The molecule has 1 atom stereocenters. The van der Waals surface area contributed by atoms with Gasteiger partial charge in [0, 0.05) is 6.42 Å². The Kier molecular flexibility index (Phi) is 0.789. The fourth-order valence-electron chi connectivity index (χ4n) is 0.180. The molecular weight excluding hydrogens is 126 g/mol. The lowest BCUT2D eigenvalue weighted by Gasteiger charge is -1.82. The number of alkyl halides is 3. The quantitative estimate of drug-likeness (QED) is 0.438. The molecule has 1 aliphatic rings. The van der Waals surface area contributed by atoms with Crippen LogP contribution >= 0.6 is 23.2 Å². The highest BCUT2D eigenvalue weighted by molar-refractivity contribution is 6.51. The maximum Gasteiger partial charge on any atom is 0.152 e. The molecule has 0 heterocycles. The smallest absolute Gasteiger partial charge is 0.152 e. The fourth-order valence-corrected chi connectivity index (χ4v) is 0.451. The average molecular weight is 129 g/mol. The minimum atomic E-state index is -1.01. The standard InChI is InChI=1S/C3H3Cl2F/c4-3(5)1-2(3)6/h2H,1H2. The molecule has 0 aromatic rings. The van der Waals surface area contributed by atoms with Crippen LogP contribution in [0, 0.1) is 0 Å². The molecule has 3 heteroatoms. The van der Waals surface area contributed by atoms with Crippen molar-refractivity contribution in [2.75, 3.05) is 0 Å². The van der Waals surface area contributed by atoms with Crippen molar-refractivity contribution in [2.45, 2.75) is 16.9 Å². The molecule has 0 aliphatic heterocycles. The maximum atomic E-state index is 11.6. The van der Waals surface area contributed by atoms with Crippen LogP contribution in [0.3, 0.4) is 0 Å². The van der Waals surface area contributed by atoms with Crippen molar-refractivity contribution in [3.8, 4) is 0 Å². The Morgan fingerprint density at radius 2 is 1.83 bits per heavy atom. The predicted octanol–water partition coefficient (Wildman–Crippen LogP) is 1.90. The van der Waals surface area contributed by atoms with Crippen molar-refractivity contribution in [3.05, 3.63) is 0 Å². The number of halogens is 3. The van der Waals surface area contributed by atoms with Crippen LogP contribution < -0.4 is 0 Å². The monoisotopic (exact) mass is 128 g/mol. The molecule has 1 unspecified atom stereocenters. The molecule has 0 spiro atoms. The van der Waals surface area contributed by atoms with Crippen molar-refractivity contribution >= 4 is 23.2 Å². The fraction of sp³-hybridized carbons (Fsp3) is 1.00. The van der Waals surface area contributed by atoms with Gasteiger partial charge < -0.3 is 0 Å². The van der Waals surface area contributed by atoms with Gasteiger partial charge in [-0.2, -0.15) is 0 Å². The number of hydrogen-bond acceptors (Lipinski definition) is 0. The third-order valence-corrected chi connectivity index (χ3v) is 1.53. The third kappa shape index (κ3) is 0.614. The molecule has 0 amide bonds. The van der Waals surface area contributed by atoms with Gasteiger partial charge in [0.05, 0.1) is 0 Å². The second-order valence-electron chi connectivity index (χ2n) is 1.43. The molecule has 1 aliphatic carbocycles. The summed E-state index contributed by atoms with van der Waals surface area (Å²) in [6.07, 6.45) is -0.670. The SMILES string of the molecule is FC1CC1(Cl)Cl. The van der Waals surface area contributed by atoms with E-state index in [0.717, 1.165) is 0 Å². The Hall–Kier alpha value is 0.510. The molecule has 1 saturated carbocycles. The second-order valence-corrected chi connectivity index (χ2v) is 2.98. The summed E-state index contributed by atoms with van der Waals surface area (Å²) < 4.78 is 10.6. The lowest BCUT2D eigenvalue weighted by atomic mass is 10.9. The molecule has 0 aromatic carbocycles. The van der Waals surface area contributed by atoms with Crippen LogP contribution in [-0.4, -0.2) is 10.5 Å². The van der Waals surface area contributed by atoms with Crippen molar-refractivity contribution < 1.29 is 4.39 Å². The van der Waals surface area contributed by atoms with Crippen LogP contribution in [0.4, 0.5) is 4.39 Å². The zero-order chi connectivity index (χ0) is 4.78. The van der Waals surface area contributed by atoms with E-state index in [2.05, 4.69) is 0 Å². The second kappa shape index (κ2) is 1.01.